The molecule has 0 saturated heterocycles. The number of aromatic amines is 1. The van der Waals surface area contributed by atoms with Gasteiger partial charge >= 0.3 is 5.69 Å². The van der Waals surface area contributed by atoms with E-state index in [-0.39, 0.29) is 12.1 Å². The van der Waals surface area contributed by atoms with Crippen LogP contribution in [0.1, 0.15) is 6.42 Å². The lowest BCUT2D eigenvalue weighted by Crippen LogP contribution is -2.35. The van der Waals surface area contributed by atoms with Crippen molar-refractivity contribution in [2.24, 2.45) is 5.73 Å². The number of aromatic nitrogens is 2. The smallest absolute Gasteiger partial charge is 0.328 e. The summed E-state index contributed by atoms with van der Waals surface area (Å²) in [6.07, 6.45) is 0.537. The van der Waals surface area contributed by atoms with E-state index in [4.69, 9.17) is 5.73 Å². The van der Waals surface area contributed by atoms with Gasteiger partial charge in [-0.2, -0.15) is 0 Å². The molecule has 1 aromatic carbocycles. The summed E-state index contributed by atoms with van der Waals surface area (Å²) in [5.74, 6) is -0.493. The first-order valence-corrected chi connectivity index (χ1v) is 5.26. The van der Waals surface area contributed by atoms with Crippen molar-refractivity contribution in [2.45, 2.75) is 13.0 Å². The zero-order valence-electron chi connectivity index (χ0n) is 9.07. The number of H-pyrrole nitrogens is 1. The molecule has 5 nitrogen and oxygen atoms in total. The topological polar surface area (TPSA) is 80.9 Å². The summed E-state index contributed by atoms with van der Waals surface area (Å²) in [6.45, 7) is 0.658. The Morgan fingerprint density at radius 3 is 2.82 bits per heavy atom. The summed E-state index contributed by atoms with van der Waals surface area (Å²) in [5, 5.41) is 0.294. The van der Waals surface area contributed by atoms with Crippen LogP contribution in [0.25, 0.3) is 10.9 Å². The number of fused-ring (bicyclic) bond motifs is 1. The summed E-state index contributed by atoms with van der Waals surface area (Å²) in [4.78, 5) is 26.0. The van der Waals surface area contributed by atoms with Gasteiger partial charge in [-0.05, 0) is 31.2 Å². The minimum atomic E-state index is -0.540. The van der Waals surface area contributed by atoms with Gasteiger partial charge in [0, 0.05) is 6.54 Å². The van der Waals surface area contributed by atoms with E-state index in [0.717, 1.165) is 10.6 Å². The molecule has 0 atom stereocenters. The Kier molecular flexibility index (Phi) is 3.06. The molecule has 0 saturated carbocycles. The second-order valence-corrected chi connectivity index (χ2v) is 3.72. The fraction of sp³-hybridized carbons (Fsp3) is 0.273. The standard InChI is InChI=1S/C11H12FN3O2/c12-7-2-3-8-9(6-7)14-11(17)15(10(8)16)5-1-4-13/h2-3,6H,1,4-5,13H2,(H,14,17). The minimum absolute atomic E-state index is 0.212. The first-order chi connectivity index (χ1) is 8.13. The van der Waals surface area contributed by atoms with Crippen molar-refractivity contribution in [3.8, 4) is 0 Å². The number of rotatable bonds is 3. The molecule has 0 spiro atoms. The van der Waals surface area contributed by atoms with Crippen molar-refractivity contribution in [1.29, 1.82) is 0 Å². The molecule has 17 heavy (non-hydrogen) atoms. The second kappa shape index (κ2) is 4.50. The first kappa shape index (κ1) is 11.5. The molecule has 0 aliphatic carbocycles. The molecule has 2 aromatic rings. The number of benzene rings is 1. The molecule has 0 unspecified atom stereocenters. The molecule has 0 aliphatic heterocycles. The Balaban J connectivity index is 2.68. The molecular weight excluding hydrogens is 225 g/mol. The predicted octanol–water partition coefficient (Wildman–Crippen LogP) is 0.178. The molecule has 0 radical (unpaired) electrons. The Labute approximate surface area is 95.7 Å². The van der Waals surface area contributed by atoms with Crippen molar-refractivity contribution in [3.05, 3.63) is 44.9 Å². The van der Waals surface area contributed by atoms with Crippen molar-refractivity contribution in [2.75, 3.05) is 6.54 Å². The SMILES string of the molecule is NCCCn1c(=O)[nH]c2cc(F)ccc2c1=O. The van der Waals surface area contributed by atoms with Gasteiger partial charge in [-0.15, -0.1) is 0 Å². The molecule has 6 heteroatoms. The third-order valence-corrected chi connectivity index (χ3v) is 2.53. The van der Waals surface area contributed by atoms with Gasteiger partial charge in [0.25, 0.3) is 5.56 Å². The summed E-state index contributed by atoms with van der Waals surface area (Å²) in [7, 11) is 0. The van der Waals surface area contributed by atoms with E-state index in [9.17, 15) is 14.0 Å². The minimum Gasteiger partial charge on any atom is -0.330 e. The van der Waals surface area contributed by atoms with Crippen LogP contribution < -0.4 is 17.0 Å². The van der Waals surface area contributed by atoms with Crippen molar-refractivity contribution in [3.63, 3.8) is 0 Å². The second-order valence-electron chi connectivity index (χ2n) is 3.72. The number of hydrogen-bond donors (Lipinski definition) is 2. The number of halogens is 1. The van der Waals surface area contributed by atoms with Crippen LogP contribution >= 0.6 is 0 Å². The van der Waals surface area contributed by atoms with Crippen molar-refractivity contribution < 1.29 is 4.39 Å². The summed E-state index contributed by atoms with van der Waals surface area (Å²) in [6, 6.07) is 3.68. The molecule has 1 heterocycles. The molecule has 3 N–H and O–H groups in total. The van der Waals surface area contributed by atoms with E-state index in [0.29, 0.717) is 18.4 Å². The number of hydrogen-bond acceptors (Lipinski definition) is 3. The number of nitrogens with zero attached hydrogens (tertiary/aromatic N) is 1. The van der Waals surface area contributed by atoms with Crippen LogP contribution in [0.5, 0.6) is 0 Å². The van der Waals surface area contributed by atoms with Crippen LogP contribution in [0.15, 0.2) is 27.8 Å². The molecule has 0 bridgehead atoms. The molecule has 2 rings (SSSR count). The Morgan fingerprint density at radius 1 is 1.35 bits per heavy atom. The van der Waals surface area contributed by atoms with Crippen LogP contribution in [0.2, 0.25) is 0 Å². The summed E-state index contributed by atoms with van der Waals surface area (Å²) < 4.78 is 14.0. The van der Waals surface area contributed by atoms with Crippen LogP contribution in [0.3, 0.4) is 0 Å². The number of nitrogens with one attached hydrogen (secondary N) is 1. The highest BCUT2D eigenvalue weighted by molar-refractivity contribution is 5.77. The third-order valence-electron chi connectivity index (χ3n) is 2.53. The quantitative estimate of drug-likeness (QED) is 0.798. The Bertz CT molecular complexity index is 660. The maximum absolute atomic E-state index is 13.0. The summed E-state index contributed by atoms with van der Waals surface area (Å²) in [5.41, 5.74) is 4.58. The van der Waals surface area contributed by atoms with Crippen LogP contribution in [0.4, 0.5) is 4.39 Å². The normalized spacial score (nSPS) is 10.9. The zero-order valence-corrected chi connectivity index (χ0v) is 9.07. The molecule has 0 amide bonds. The maximum Gasteiger partial charge on any atom is 0.328 e. The van der Waals surface area contributed by atoms with E-state index < -0.39 is 17.1 Å². The fourth-order valence-corrected chi connectivity index (χ4v) is 1.68. The van der Waals surface area contributed by atoms with Crippen LogP contribution in [-0.4, -0.2) is 16.1 Å². The van der Waals surface area contributed by atoms with E-state index in [2.05, 4.69) is 4.98 Å². The van der Waals surface area contributed by atoms with E-state index >= 15 is 0 Å². The molecule has 90 valence electrons. The van der Waals surface area contributed by atoms with Gasteiger partial charge in [0.15, 0.2) is 0 Å². The van der Waals surface area contributed by atoms with Gasteiger partial charge in [-0.1, -0.05) is 0 Å². The van der Waals surface area contributed by atoms with Gasteiger partial charge in [0.1, 0.15) is 5.82 Å². The Hall–Kier alpha value is -1.95. The molecule has 0 aliphatic rings. The van der Waals surface area contributed by atoms with Crippen LogP contribution in [-0.2, 0) is 6.54 Å². The van der Waals surface area contributed by atoms with Gasteiger partial charge in [0.05, 0.1) is 10.9 Å². The van der Waals surface area contributed by atoms with Crippen molar-refractivity contribution >= 4 is 10.9 Å². The van der Waals surface area contributed by atoms with Gasteiger partial charge in [-0.25, -0.2) is 9.18 Å². The zero-order chi connectivity index (χ0) is 12.4. The predicted molar refractivity (Wildman–Crippen MR) is 62.5 cm³/mol. The number of nitrogens with two attached hydrogens (primary N) is 1. The maximum atomic E-state index is 13.0. The highest BCUT2D eigenvalue weighted by Crippen LogP contribution is 2.07. The third kappa shape index (κ3) is 2.12. The average molecular weight is 237 g/mol. The van der Waals surface area contributed by atoms with E-state index in [1.165, 1.54) is 12.1 Å². The first-order valence-electron chi connectivity index (χ1n) is 5.26. The Morgan fingerprint density at radius 2 is 2.12 bits per heavy atom. The highest BCUT2D eigenvalue weighted by atomic mass is 19.1. The van der Waals surface area contributed by atoms with Gasteiger partial charge in [-0.3, -0.25) is 9.36 Å². The average Bonchev–Trinajstić information content (AvgIpc) is 2.28. The van der Waals surface area contributed by atoms with Crippen LogP contribution in [0, 0.1) is 5.82 Å². The lowest BCUT2D eigenvalue weighted by molar-refractivity contribution is 0.602. The molecule has 0 fully saturated rings. The van der Waals surface area contributed by atoms with Gasteiger partial charge < -0.3 is 10.7 Å². The van der Waals surface area contributed by atoms with E-state index in [1.807, 2.05) is 0 Å². The van der Waals surface area contributed by atoms with Gasteiger partial charge in [0.2, 0.25) is 0 Å². The summed E-state index contributed by atoms with van der Waals surface area (Å²) >= 11 is 0. The molecular formula is C11H12FN3O2. The lowest BCUT2D eigenvalue weighted by Gasteiger charge is -2.05. The molecule has 1 aromatic heterocycles. The monoisotopic (exact) mass is 237 g/mol. The lowest BCUT2D eigenvalue weighted by atomic mass is 10.2. The van der Waals surface area contributed by atoms with E-state index in [1.54, 1.807) is 0 Å². The largest absolute Gasteiger partial charge is 0.330 e. The fourth-order valence-electron chi connectivity index (χ4n) is 1.68. The highest BCUT2D eigenvalue weighted by Gasteiger charge is 2.07. The van der Waals surface area contributed by atoms with Crippen molar-refractivity contribution in [1.82, 2.24) is 9.55 Å².